The Kier molecular flexibility index (Phi) is 3.55. The Hall–Kier alpha value is -0.150. The van der Waals surface area contributed by atoms with Crippen LogP contribution in [0.25, 0.3) is 0 Å². The van der Waals surface area contributed by atoms with Gasteiger partial charge in [0.25, 0.3) is 0 Å². The molecule has 0 saturated carbocycles. The smallest absolute Gasteiger partial charge is 0.114 e. The van der Waals surface area contributed by atoms with Crippen LogP contribution in [0.15, 0.2) is 0 Å². The minimum absolute atomic E-state index is 0.290. The molecule has 2 aliphatic rings. The van der Waals surface area contributed by atoms with Gasteiger partial charge in [0, 0.05) is 37.8 Å². The third kappa shape index (κ3) is 2.75. The van der Waals surface area contributed by atoms with Gasteiger partial charge in [-0.25, -0.2) is 4.39 Å². The van der Waals surface area contributed by atoms with E-state index in [4.69, 9.17) is 0 Å². The fourth-order valence-corrected chi connectivity index (χ4v) is 2.98. The highest BCUT2D eigenvalue weighted by atomic mass is 19.1. The van der Waals surface area contributed by atoms with Gasteiger partial charge in [0.1, 0.15) is 6.17 Å². The first-order valence-corrected chi connectivity index (χ1v) is 6.60. The maximum atomic E-state index is 13.1. The van der Waals surface area contributed by atoms with Crippen molar-refractivity contribution in [3.8, 4) is 0 Å². The van der Waals surface area contributed by atoms with Crippen LogP contribution in [0.2, 0.25) is 0 Å². The second-order valence-electron chi connectivity index (χ2n) is 6.27. The average molecular weight is 228 g/mol. The van der Waals surface area contributed by atoms with Crippen LogP contribution in [0, 0.1) is 0 Å². The molecule has 0 unspecified atom stereocenters. The molecule has 0 spiro atoms. The molecule has 2 aliphatic heterocycles. The van der Waals surface area contributed by atoms with E-state index in [-0.39, 0.29) is 0 Å². The van der Waals surface area contributed by atoms with E-state index in [1.165, 1.54) is 25.9 Å². The summed E-state index contributed by atoms with van der Waals surface area (Å²) in [5.74, 6) is 0. The summed E-state index contributed by atoms with van der Waals surface area (Å²) in [6, 6.07) is 0.638. The van der Waals surface area contributed by atoms with Crippen LogP contribution in [-0.2, 0) is 0 Å². The van der Waals surface area contributed by atoms with E-state index in [0.29, 0.717) is 18.1 Å². The van der Waals surface area contributed by atoms with Crippen LogP contribution in [0.3, 0.4) is 0 Å². The van der Waals surface area contributed by atoms with E-state index in [9.17, 15) is 4.39 Å². The molecule has 2 saturated heterocycles. The van der Waals surface area contributed by atoms with Crippen LogP contribution >= 0.6 is 0 Å². The molecule has 2 nitrogen and oxygen atoms in total. The van der Waals surface area contributed by atoms with Crippen molar-refractivity contribution < 1.29 is 4.39 Å². The van der Waals surface area contributed by atoms with Gasteiger partial charge in [0.15, 0.2) is 0 Å². The van der Waals surface area contributed by atoms with Crippen molar-refractivity contribution in [2.24, 2.45) is 0 Å². The maximum absolute atomic E-state index is 13.1. The van der Waals surface area contributed by atoms with E-state index < -0.39 is 6.17 Å². The monoisotopic (exact) mass is 228 g/mol. The molecule has 0 aliphatic carbocycles. The van der Waals surface area contributed by atoms with Crippen LogP contribution in [-0.4, -0.2) is 53.7 Å². The number of hydrogen-bond donors (Lipinski definition) is 0. The number of piperidine rings is 1. The lowest BCUT2D eigenvalue weighted by Gasteiger charge is -2.43. The van der Waals surface area contributed by atoms with Gasteiger partial charge in [0.05, 0.1) is 0 Å². The topological polar surface area (TPSA) is 6.48 Å². The van der Waals surface area contributed by atoms with Crippen molar-refractivity contribution in [2.75, 3.05) is 26.2 Å². The van der Waals surface area contributed by atoms with Crippen LogP contribution in [0.1, 0.15) is 40.0 Å². The zero-order chi connectivity index (χ0) is 11.8. The molecule has 1 atom stereocenters. The lowest BCUT2D eigenvalue weighted by Crippen LogP contribution is -2.50. The van der Waals surface area contributed by atoms with Crippen molar-refractivity contribution in [3.05, 3.63) is 0 Å². The number of alkyl halides is 1. The fraction of sp³-hybridized carbons (Fsp3) is 1.00. The molecule has 0 aromatic heterocycles. The zero-order valence-corrected chi connectivity index (χ0v) is 10.9. The Bertz CT molecular complexity index is 229. The molecular weight excluding hydrogens is 203 g/mol. The Morgan fingerprint density at radius 1 is 1.00 bits per heavy atom. The Morgan fingerprint density at radius 3 is 2.06 bits per heavy atom. The zero-order valence-electron chi connectivity index (χ0n) is 10.9. The highest BCUT2D eigenvalue weighted by molar-refractivity contribution is 4.88. The number of rotatable bonds is 1. The molecule has 0 N–H and O–H groups in total. The highest BCUT2D eigenvalue weighted by Crippen LogP contribution is 2.25. The van der Waals surface area contributed by atoms with Gasteiger partial charge in [0.2, 0.25) is 0 Å². The maximum Gasteiger partial charge on any atom is 0.114 e. The molecule has 2 rings (SSSR count). The third-order valence-corrected chi connectivity index (χ3v) is 4.09. The molecular formula is C13H25FN2. The summed E-state index contributed by atoms with van der Waals surface area (Å²) in [4.78, 5) is 4.91. The van der Waals surface area contributed by atoms with Gasteiger partial charge in [-0.05, 0) is 40.0 Å². The number of hydrogen-bond acceptors (Lipinski definition) is 2. The summed E-state index contributed by atoms with van der Waals surface area (Å²) in [6.45, 7) is 10.8. The fourth-order valence-electron chi connectivity index (χ4n) is 2.98. The molecule has 0 aromatic carbocycles. The summed E-state index contributed by atoms with van der Waals surface area (Å²) >= 11 is 0. The molecule has 0 aromatic rings. The van der Waals surface area contributed by atoms with Crippen LogP contribution in [0.4, 0.5) is 4.39 Å². The minimum Gasteiger partial charge on any atom is -0.298 e. The molecule has 16 heavy (non-hydrogen) atoms. The normalized spacial score (nSPS) is 31.1. The molecule has 2 heterocycles. The number of halogens is 1. The van der Waals surface area contributed by atoms with E-state index >= 15 is 0 Å². The predicted octanol–water partition coefficient (Wildman–Crippen LogP) is 2.29. The minimum atomic E-state index is -0.569. The molecule has 0 radical (unpaired) electrons. The summed E-state index contributed by atoms with van der Waals surface area (Å²) < 4.78 is 13.1. The van der Waals surface area contributed by atoms with Crippen LogP contribution in [0.5, 0.6) is 0 Å². The summed E-state index contributed by atoms with van der Waals surface area (Å²) in [7, 11) is 0. The van der Waals surface area contributed by atoms with Crippen molar-refractivity contribution in [1.82, 2.24) is 9.80 Å². The Balaban J connectivity index is 1.81. The van der Waals surface area contributed by atoms with E-state index in [2.05, 4.69) is 30.6 Å². The Morgan fingerprint density at radius 2 is 1.62 bits per heavy atom. The van der Waals surface area contributed by atoms with Gasteiger partial charge >= 0.3 is 0 Å². The lowest BCUT2D eigenvalue weighted by atomic mass is 9.97. The second-order valence-corrected chi connectivity index (χ2v) is 6.27. The largest absolute Gasteiger partial charge is 0.298 e. The van der Waals surface area contributed by atoms with E-state index in [1.807, 2.05) is 0 Å². The van der Waals surface area contributed by atoms with Gasteiger partial charge in [-0.3, -0.25) is 9.80 Å². The highest BCUT2D eigenvalue weighted by Gasteiger charge is 2.32. The average Bonchev–Trinajstić information content (AvgIpc) is 2.64. The van der Waals surface area contributed by atoms with E-state index in [1.54, 1.807) is 0 Å². The lowest BCUT2D eigenvalue weighted by molar-refractivity contribution is 0.0628. The molecule has 0 amide bonds. The van der Waals surface area contributed by atoms with Gasteiger partial charge < -0.3 is 0 Å². The molecule has 2 fully saturated rings. The van der Waals surface area contributed by atoms with Gasteiger partial charge in [-0.1, -0.05) is 0 Å². The first-order valence-electron chi connectivity index (χ1n) is 6.60. The number of likely N-dealkylation sites (tertiary alicyclic amines) is 2. The SMILES string of the molecule is CC(C)(C)N1CCC(N2CC[C@H](F)C2)CC1. The number of nitrogens with zero attached hydrogens (tertiary/aromatic N) is 2. The first-order chi connectivity index (χ1) is 7.47. The summed E-state index contributed by atoms with van der Waals surface area (Å²) in [5, 5.41) is 0. The third-order valence-electron chi connectivity index (χ3n) is 4.09. The standard InChI is InChI=1S/C13H25FN2/c1-13(2,3)16-8-5-12(6-9-16)15-7-4-11(14)10-15/h11-12H,4-10H2,1-3H3/t11-/m0/s1. The summed E-state index contributed by atoms with van der Waals surface area (Å²) in [5.41, 5.74) is 0.290. The van der Waals surface area contributed by atoms with E-state index in [0.717, 1.165) is 13.0 Å². The molecule has 94 valence electrons. The van der Waals surface area contributed by atoms with Gasteiger partial charge in [-0.2, -0.15) is 0 Å². The Labute approximate surface area is 98.8 Å². The second kappa shape index (κ2) is 4.61. The van der Waals surface area contributed by atoms with Gasteiger partial charge in [-0.15, -0.1) is 0 Å². The van der Waals surface area contributed by atoms with Crippen molar-refractivity contribution >= 4 is 0 Å². The van der Waals surface area contributed by atoms with Crippen molar-refractivity contribution in [1.29, 1.82) is 0 Å². The van der Waals surface area contributed by atoms with Crippen LogP contribution < -0.4 is 0 Å². The molecule has 3 heteroatoms. The molecule has 0 bridgehead atoms. The quantitative estimate of drug-likeness (QED) is 0.679. The van der Waals surface area contributed by atoms with Crippen molar-refractivity contribution in [3.63, 3.8) is 0 Å². The summed E-state index contributed by atoms with van der Waals surface area (Å²) in [6.07, 6.45) is 2.61. The first kappa shape index (κ1) is 12.3. The van der Waals surface area contributed by atoms with Crippen molar-refractivity contribution in [2.45, 2.75) is 57.8 Å². The predicted molar refractivity (Wildman–Crippen MR) is 65.4 cm³/mol.